The molecule has 0 spiro atoms. The number of ether oxygens (including phenoxy) is 1. The van der Waals surface area contributed by atoms with E-state index in [1.807, 2.05) is 4.90 Å². The maximum atomic E-state index is 14.2. The Hall–Kier alpha value is -3.36. The molecule has 4 rings (SSSR count). The van der Waals surface area contributed by atoms with Crippen LogP contribution in [-0.2, 0) is 4.74 Å². The summed E-state index contributed by atoms with van der Waals surface area (Å²) in [6.45, 7) is 3.29. The Balaban J connectivity index is 1.63. The van der Waals surface area contributed by atoms with Gasteiger partial charge in [0.1, 0.15) is 17.7 Å². The van der Waals surface area contributed by atoms with Crippen LogP contribution in [0.5, 0.6) is 0 Å². The summed E-state index contributed by atoms with van der Waals surface area (Å²) >= 11 is 0. The monoisotopic (exact) mass is 458 g/mol. The minimum Gasteiger partial charge on any atom is -0.444 e. The molecule has 2 aliphatic rings. The Morgan fingerprint density at radius 1 is 1.03 bits per heavy atom. The van der Waals surface area contributed by atoms with Crippen molar-refractivity contribution in [1.29, 1.82) is 0 Å². The van der Waals surface area contributed by atoms with E-state index in [1.165, 1.54) is 24.3 Å². The number of benzene rings is 2. The summed E-state index contributed by atoms with van der Waals surface area (Å²) in [5.74, 6) is -0.779. The Labute approximate surface area is 191 Å². The molecule has 9 heteroatoms. The average Bonchev–Trinajstić information content (AvgIpc) is 3.18. The molecule has 1 unspecified atom stereocenters. The zero-order valence-electron chi connectivity index (χ0n) is 18.5. The van der Waals surface area contributed by atoms with Crippen molar-refractivity contribution in [3.05, 3.63) is 54.1 Å². The van der Waals surface area contributed by atoms with E-state index in [-0.39, 0.29) is 17.9 Å². The van der Waals surface area contributed by atoms with Crippen LogP contribution in [0, 0.1) is 11.6 Å². The third-order valence-corrected chi connectivity index (χ3v) is 6.29. The van der Waals surface area contributed by atoms with Gasteiger partial charge in [0.15, 0.2) is 0 Å². The van der Waals surface area contributed by atoms with Crippen LogP contribution in [0.4, 0.5) is 35.4 Å². The number of fused-ring (bicyclic) bond motifs is 1. The first-order chi connectivity index (χ1) is 15.9. The van der Waals surface area contributed by atoms with E-state index >= 15 is 0 Å². The molecule has 0 saturated carbocycles. The van der Waals surface area contributed by atoms with Crippen molar-refractivity contribution in [2.24, 2.45) is 5.73 Å². The predicted octanol–water partition coefficient (Wildman–Crippen LogP) is 4.77. The number of amides is 3. The molecule has 1 fully saturated rings. The summed E-state index contributed by atoms with van der Waals surface area (Å²) < 4.78 is 32.9. The predicted molar refractivity (Wildman–Crippen MR) is 122 cm³/mol. The fraction of sp³-hybridized carbons (Fsp3) is 0.417. The molecular weight excluding hydrogens is 430 g/mol. The largest absolute Gasteiger partial charge is 0.444 e. The Bertz CT molecular complexity index is 1020. The molecule has 0 aromatic heterocycles. The van der Waals surface area contributed by atoms with Crippen LogP contribution in [0.3, 0.4) is 0 Å². The van der Waals surface area contributed by atoms with Gasteiger partial charge in [0, 0.05) is 31.7 Å². The second kappa shape index (κ2) is 9.64. The first-order valence-electron chi connectivity index (χ1n) is 11.3. The van der Waals surface area contributed by atoms with Gasteiger partial charge in [0.05, 0.1) is 17.4 Å². The van der Waals surface area contributed by atoms with Crippen molar-refractivity contribution in [2.45, 2.75) is 44.8 Å². The number of hydrogen-bond donors (Lipinski definition) is 1. The van der Waals surface area contributed by atoms with Gasteiger partial charge in [-0.3, -0.25) is 4.90 Å². The number of hydrogen-bond acceptors (Lipinski definition) is 4. The second-order valence-electron chi connectivity index (χ2n) is 8.36. The summed E-state index contributed by atoms with van der Waals surface area (Å²) in [5, 5.41) is 0. The Morgan fingerprint density at radius 3 is 2.45 bits per heavy atom. The highest BCUT2D eigenvalue weighted by Gasteiger charge is 2.41. The van der Waals surface area contributed by atoms with Gasteiger partial charge in [-0.25, -0.2) is 18.4 Å². The van der Waals surface area contributed by atoms with Crippen molar-refractivity contribution in [2.75, 3.05) is 29.4 Å². The number of nitrogens with zero attached hydrogens (tertiary/aromatic N) is 3. The van der Waals surface area contributed by atoms with Crippen LogP contribution in [-0.4, -0.2) is 48.8 Å². The van der Waals surface area contributed by atoms with E-state index in [0.29, 0.717) is 49.5 Å². The minimum absolute atomic E-state index is 0.210. The average molecular weight is 459 g/mol. The highest BCUT2D eigenvalue weighted by atomic mass is 19.1. The third kappa shape index (κ3) is 4.72. The van der Waals surface area contributed by atoms with Crippen LogP contribution in [0.1, 0.15) is 32.6 Å². The zero-order chi connectivity index (χ0) is 23.5. The lowest BCUT2D eigenvalue weighted by atomic mass is 10.0. The molecule has 2 aliphatic heterocycles. The van der Waals surface area contributed by atoms with Gasteiger partial charge in [-0.15, -0.1) is 0 Å². The van der Waals surface area contributed by atoms with Gasteiger partial charge in [0.25, 0.3) is 0 Å². The summed E-state index contributed by atoms with van der Waals surface area (Å²) in [6.07, 6.45) is 1.77. The minimum atomic E-state index is -0.843. The Morgan fingerprint density at radius 2 is 1.76 bits per heavy atom. The molecule has 2 heterocycles. The lowest BCUT2D eigenvalue weighted by molar-refractivity contribution is 0.0802. The van der Waals surface area contributed by atoms with Gasteiger partial charge in [-0.1, -0.05) is 19.8 Å². The second-order valence-corrected chi connectivity index (χ2v) is 8.36. The van der Waals surface area contributed by atoms with Crippen LogP contribution in [0.2, 0.25) is 0 Å². The standard InChI is InChI=1S/C24H28F2N4O3/c1-2-3-4-20-22(33-23(27)31)11-12-29(20)24(32)30-14-13-28(18-8-5-16(25)6-9-18)21-15-17(26)7-10-19(21)30/h5-10,15,20,22H,2-4,11-14H2,1H3,(H2,27,31)/t20-,22?/m0/s1. The van der Waals surface area contributed by atoms with Crippen LogP contribution < -0.4 is 15.5 Å². The first kappa shape index (κ1) is 22.8. The molecule has 2 aromatic rings. The molecule has 0 bridgehead atoms. The molecule has 2 aromatic carbocycles. The van der Waals surface area contributed by atoms with E-state index in [1.54, 1.807) is 28.0 Å². The highest BCUT2D eigenvalue weighted by molar-refractivity contribution is 5.98. The van der Waals surface area contributed by atoms with Crippen LogP contribution in [0.25, 0.3) is 0 Å². The third-order valence-electron chi connectivity index (χ3n) is 6.29. The number of urea groups is 1. The van der Waals surface area contributed by atoms with Gasteiger partial charge < -0.3 is 20.3 Å². The van der Waals surface area contributed by atoms with E-state index in [4.69, 9.17) is 10.5 Å². The number of nitrogens with two attached hydrogens (primary N) is 1. The topological polar surface area (TPSA) is 79.1 Å². The molecule has 1 saturated heterocycles. The van der Waals surface area contributed by atoms with Crippen molar-refractivity contribution in [3.8, 4) is 0 Å². The number of halogens is 2. The number of carbonyl (C=O) groups is 2. The molecule has 2 atom stereocenters. The Kier molecular flexibility index (Phi) is 6.67. The summed E-state index contributed by atoms with van der Waals surface area (Å²) in [7, 11) is 0. The number of anilines is 3. The van der Waals surface area contributed by atoms with Gasteiger partial charge in [0.2, 0.25) is 0 Å². The van der Waals surface area contributed by atoms with Gasteiger partial charge in [-0.05, 0) is 48.9 Å². The molecule has 176 valence electrons. The number of rotatable bonds is 5. The van der Waals surface area contributed by atoms with Gasteiger partial charge >= 0.3 is 12.1 Å². The van der Waals surface area contributed by atoms with E-state index in [0.717, 1.165) is 12.8 Å². The first-order valence-corrected chi connectivity index (χ1v) is 11.3. The zero-order valence-corrected chi connectivity index (χ0v) is 18.5. The molecule has 2 N–H and O–H groups in total. The maximum absolute atomic E-state index is 14.2. The SMILES string of the molecule is CCCC[C@H]1C(OC(N)=O)CCN1C(=O)N1CCN(c2ccc(F)cc2)c2cc(F)ccc21. The fourth-order valence-electron chi connectivity index (χ4n) is 4.73. The maximum Gasteiger partial charge on any atom is 0.404 e. The van der Waals surface area contributed by atoms with Crippen LogP contribution >= 0.6 is 0 Å². The van der Waals surface area contributed by atoms with E-state index in [2.05, 4.69) is 6.92 Å². The normalized spacial score (nSPS) is 20.0. The molecule has 0 aliphatic carbocycles. The van der Waals surface area contributed by atoms with Crippen LogP contribution in [0.15, 0.2) is 42.5 Å². The van der Waals surface area contributed by atoms with E-state index in [9.17, 15) is 18.4 Å². The van der Waals surface area contributed by atoms with Crippen molar-refractivity contribution in [3.63, 3.8) is 0 Å². The molecule has 0 radical (unpaired) electrons. The summed E-state index contributed by atoms with van der Waals surface area (Å²) in [4.78, 5) is 30.3. The smallest absolute Gasteiger partial charge is 0.404 e. The molecule has 33 heavy (non-hydrogen) atoms. The fourth-order valence-corrected chi connectivity index (χ4v) is 4.73. The van der Waals surface area contributed by atoms with E-state index < -0.39 is 18.0 Å². The number of unbranched alkanes of at least 4 members (excludes halogenated alkanes) is 1. The summed E-state index contributed by atoms with van der Waals surface area (Å²) in [6, 6.07) is 9.80. The number of likely N-dealkylation sites (tertiary alicyclic amines) is 1. The number of primary amides is 1. The van der Waals surface area contributed by atoms with Crippen molar-refractivity contribution in [1.82, 2.24) is 4.90 Å². The lowest BCUT2D eigenvalue weighted by Gasteiger charge is -2.40. The van der Waals surface area contributed by atoms with Crippen molar-refractivity contribution >= 4 is 29.2 Å². The van der Waals surface area contributed by atoms with Crippen molar-refractivity contribution < 1.29 is 23.1 Å². The quantitative estimate of drug-likeness (QED) is 0.700. The number of carbonyl (C=O) groups excluding carboxylic acids is 2. The van der Waals surface area contributed by atoms with Gasteiger partial charge in [-0.2, -0.15) is 0 Å². The molecule has 3 amide bonds. The molecule has 7 nitrogen and oxygen atoms in total. The molecular formula is C24H28F2N4O3. The summed E-state index contributed by atoms with van der Waals surface area (Å²) in [5.41, 5.74) is 7.07. The lowest BCUT2D eigenvalue weighted by Crippen LogP contribution is -2.51. The highest BCUT2D eigenvalue weighted by Crippen LogP contribution is 2.39.